The van der Waals surface area contributed by atoms with Crippen molar-refractivity contribution in [3.8, 4) is 5.75 Å². The second kappa shape index (κ2) is 7.04. The topological polar surface area (TPSA) is 85.1 Å². The first-order chi connectivity index (χ1) is 12.1. The molecule has 0 atom stereocenters. The van der Waals surface area contributed by atoms with E-state index in [1.165, 1.54) is 12.4 Å². The van der Waals surface area contributed by atoms with E-state index in [-0.39, 0.29) is 11.4 Å². The Labute approximate surface area is 144 Å². The van der Waals surface area contributed by atoms with Crippen LogP contribution in [-0.4, -0.2) is 17.1 Å². The molecular weight excluding hydrogens is 321 g/mol. The van der Waals surface area contributed by atoms with Crippen LogP contribution in [-0.2, 0) is 0 Å². The van der Waals surface area contributed by atoms with Crippen LogP contribution in [0.25, 0.3) is 0 Å². The Kier molecular flexibility index (Phi) is 4.65. The molecule has 25 heavy (non-hydrogen) atoms. The van der Waals surface area contributed by atoms with Crippen molar-refractivity contribution in [2.45, 2.75) is 6.92 Å². The number of nitrogens with one attached hydrogen (secondary N) is 2. The quantitative estimate of drug-likeness (QED) is 0.651. The van der Waals surface area contributed by atoms with E-state index >= 15 is 0 Å². The first-order valence-electron chi connectivity index (χ1n) is 7.62. The van der Waals surface area contributed by atoms with Crippen LogP contribution in [0, 0.1) is 12.7 Å². The number of methoxy groups -OCH3 is 1. The van der Waals surface area contributed by atoms with Crippen LogP contribution in [0.2, 0.25) is 0 Å². The number of ether oxygens (including phenoxy) is 1. The van der Waals surface area contributed by atoms with Crippen LogP contribution in [0.15, 0.2) is 48.8 Å². The van der Waals surface area contributed by atoms with Crippen LogP contribution < -0.4 is 21.1 Å². The molecule has 0 unspecified atom stereocenters. The predicted octanol–water partition coefficient (Wildman–Crippen LogP) is 4.00. The van der Waals surface area contributed by atoms with Crippen LogP contribution in [0.1, 0.15) is 5.56 Å². The van der Waals surface area contributed by atoms with Gasteiger partial charge in [-0.15, -0.1) is 0 Å². The van der Waals surface area contributed by atoms with Gasteiger partial charge in [-0.3, -0.25) is 0 Å². The number of para-hydroxylation sites is 1. The maximum absolute atomic E-state index is 13.8. The molecule has 0 aliphatic heterocycles. The van der Waals surface area contributed by atoms with Crippen molar-refractivity contribution in [2.24, 2.45) is 0 Å². The van der Waals surface area contributed by atoms with Crippen LogP contribution in [0.4, 0.5) is 33.1 Å². The van der Waals surface area contributed by atoms with Crippen molar-refractivity contribution in [1.29, 1.82) is 0 Å². The Morgan fingerprint density at radius 1 is 1.00 bits per heavy atom. The standard InChI is InChI=1S/C18H18FN5O/c1-11-7-8-15(25-2)14(9-11)24-18-16(20)17(21-10-22-18)23-13-6-4-3-5-12(13)19/h3-10H,20H2,1-2H3,(H2,21,22,23,24). The molecule has 0 amide bonds. The third-order valence-corrected chi connectivity index (χ3v) is 3.62. The van der Waals surface area contributed by atoms with Crippen molar-refractivity contribution in [3.05, 3.63) is 60.2 Å². The summed E-state index contributed by atoms with van der Waals surface area (Å²) in [6, 6.07) is 12.0. The number of rotatable bonds is 5. The number of benzene rings is 2. The number of aromatic nitrogens is 2. The van der Waals surface area contributed by atoms with Crippen molar-refractivity contribution in [1.82, 2.24) is 9.97 Å². The molecule has 0 bridgehead atoms. The molecule has 128 valence electrons. The predicted molar refractivity (Wildman–Crippen MR) is 97.1 cm³/mol. The molecule has 2 aromatic carbocycles. The van der Waals surface area contributed by atoms with E-state index in [2.05, 4.69) is 20.6 Å². The van der Waals surface area contributed by atoms with Gasteiger partial charge >= 0.3 is 0 Å². The Hall–Kier alpha value is -3.35. The van der Waals surface area contributed by atoms with E-state index in [0.29, 0.717) is 17.4 Å². The number of hydrogen-bond donors (Lipinski definition) is 3. The van der Waals surface area contributed by atoms with E-state index in [4.69, 9.17) is 10.5 Å². The molecule has 6 nitrogen and oxygen atoms in total. The lowest BCUT2D eigenvalue weighted by molar-refractivity contribution is 0.416. The minimum absolute atomic E-state index is 0.273. The molecule has 0 saturated heterocycles. The summed E-state index contributed by atoms with van der Waals surface area (Å²) in [6.07, 6.45) is 1.35. The summed E-state index contributed by atoms with van der Waals surface area (Å²) >= 11 is 0. The fraction of sp³-hybridized carbons (Fsp3) is 0.111. The highest BCUT2D eigenvalue weighted by Gasteiger charge is 2.12. The first-order valence-corrected chi connectivity index (χ1v) is 7.62. The molecule has 7 heteroatoms. The molecule has 3 rings (SSSR count). The minimum Gasteiger partial charge on any atom is -0.495 e. The SMILES string of the molecule is COc1ccc(C)cc1Nc1ncnc(Nc2ccccc2F)c1N. The summed E-state index contributed by atoms with van der Waals surface area (Å²) in [6.45, 7) is 1.97. The maximum atomic E-state index is 13.8. The second-order valence-electron chi connectivity index (χ2n) is 5.42. The zero-order valence-corrected chi connectivity index (χ0v) is 13.9. The van der Waals surface area contributed by atoms with Gasteiger partial charge in [0.05, 0.1) is 18.5 Å². The van der Waals surface area contributed by atoms with Gasteiger partial charge in [-0.05, 0) is 36.8 Å². The Bertz CT molecular complexity index is 900. The van der Waals surface area contributed by atoms with E-state index in [1.54, 1.807) is 25.3 Å². The smallest absolute Gasteiger partial charge is 0.159 e. The van der Waals surface area contributed by atoms with E-state index in [9.17, 15) is 4.39 Å². The van der Waals surface area contributed by atoms with E-state index in [0.717, 1.165) is 11.3 Å². The third kappa shape index (κ3) is 3.60. The molecule has 0 aliphatic carbocycles. The lowest BCUT2D eigenvalue weighted by Gasteiger charge is -2.15. The summed E-state index contributed by atoms with van der Waals surface area (Å²) in [7, 11) is 1.59. The van der Waals surface area contributed by atoms with E-state index < -0.39 is 5.82 Å². The molecule has 0 saturated carbocycles. The van der Waals surface area contributed by atoms with Crippen molar-refractivity contribution >= 4 is 28.7 Å². The summed E-state index contributed by atoms with van der Waals surface area (Å²) in [5, 5.41) is 6.02. The fourth-order valence-corrected chi connectivity index (χ4v) is 2.33. The third-order valence-electron chi connectivity index (χ3n) is 3.62. The molecule has 3 aromatic rings. The van der Waals surface area contributed by atoms with Gasteiger partial charge in [0.1, 0.15) is 23.6 Å². The number of aryl methyl sites for hydroxylation is 1. The molecule has 0 spiro atoms. The Morgan fingerprint density at radius 3 is 2.36 bits per heavy atom. The van der Waals surface area contributed by atoms with Gasteiger partial charge in [-0.25, -0.2) is 14.4 Å². The Balaban J connectivity index is 1.92. The van der Waals surface area contributed by atoms with Gasteiger partial charge in [0.15, 0.2) is 11.6 Å². The summed E-state index contributed by atoms with van der Waals surface area (Å²) in [4.78, 5) is 8.26. The molecule has 0 fully saturated rings. The summed E-state index contributed by atoms with van der Waals surface area (Å²) < 4.78 is 19.2. The number of hydrogen-bond acceptors (Lipinski definition) is 6. The lowest BCUT2D eigenvalue weighted by atomic mass is 10.2. The number of anilines is 5. The molecule has 4 N–H and O–H groups in total. The van der Waals surface area contributed by atoms with Crippen LogP contribution >= 0.6 is 0 Å². The zero-order valence-electron chi connectivity index (χ0n) is 13.9. The largest absolute Gasteiger partial charge is 0.495 e. The van der Waals surface area contributed by atoms with Gasteiger partial charge in [0.2, 0.25) is 0 Å². The molecule has 0 aliphatic rings. The van der Waals surface area contributed by atoms with Crippen molar-refractivity contribution < 1.29 is 9.13 Å². The molecule has 0 radical (unpaired) electrons. The second-order valence-corrected chi connectivity index (χ2v) is 5.42. The van der Waals surface area contributed by atoms with Crippen molar-refractivity contribution in [3.63, 3.8) is 0 Å². The lowest BCUT2D eigenvalue weighted by Crippen LogP contribution is -2.06. The molecule has 1 aromatic heterocycles. The molecule has 1 heterocycles. The number of halogens is 1. The monoisotopic (exact) mass is 339 g/mol. The highest BCUT2D eigenvalue weighted by Crippen LogP contribution is 2.32. The first kappa shape index (κ1) is 16.5. The van der Waals surface area contributed by atoms with Crippen LogP contribution in [0.5, 0.6) is 5.75 Å². The van der Waals surface area contributed by atoms with Gasteiger partial charge in [-0.1, -0.05) is 18.2 Å². The van der Waals surface area contributed by atoms with Crippen molar-refractivity contribution in [2.75, 3.05) is 23.5 Å². The van der Waals surface area contributed by atoms with Gasteiger partial charge in [-0.2, -0.15) is 0 Å². The zero-order chi connectivity index (χ0) is 17.8. The number of nitrogens with two attached hydrogens (primary N) is 1. The van der Waals surface area contributed by atoms with Crippen LogP contribution in [0.3, 0.4) is 0 Å². The normalized spacial score (nSPS) is 10.4. The minimum atomic E-state index is -0.393. The number of nitrogens with zero attached hydrogens (tertiary/aromatic N) is 2. The van der Waals surface area contributed by atoms with E-state index in [1.807, 2.05) is 25.1 Å². The fourth-order valence-electron chi connectivity index (χ4n) is 2.33. The maximum Gasteiger partial charge on any atom is 0.159 e. The molecular formula is C18H18FN5O. The number of nitrogen functional groups attached to an aromatic ring is 1. The average Bonchev–Trinajstić information content (AvgIpc) is 2.60. The summed E-state index contributed by atoms with van der Waals surface area (Å²) in [5.41, 5.74) is 8.48. The highest BCUT2D eigenvalue weighted by atomic mass is 19.1. The Morgan fingerprint density at radius 2 is 1.68 bits per heavy atom. The van der Waals surface area contributed by atoms with Gasteiger partial charge < -0.3 is 21.1 Å². The van der Waals surface area contributed by atoms with Gasteiger partial charge in [0.25, 0.3) is 0 Å². The average molecular weight is 339 g/mol. The van der Waals surface area contributed by atoms with Gasteiger partial charge in [0, 0.05) is 0 Å². The highest BCUT2D eigenvalue weighted by molar-refractivity contribution is 5.81. The summed E-state index contributed by atoms with van der Waals surface area (Å²) in [5.74, 6) is 0.981.